The van der Waals surface area contributed by atoms with E-state index in [9.17, 15) is 40.2 Å². The Hall–Kier alpha value is -1.56. The zero-order valence-electron chi connectivity index (χ0n) is 29.0. The third-order valence-electron chi connectivity index (χ3n) is 14.2. The van der Waals surface area contributed by atoms with Crippen LogP contribution in [0.25, 0.3) is 0 Å². The lowest BCUT2D eigenvalue weighted by molar-refractivity contribution is -0.362. The Morgan fingerprint density at radius 2 is 1.66 bits per heavy atom. The summed E-state index contributed by atoms with van der Waals surface area (Å²) in [4.78, 5) is 25.1. The van der Waals surface area contributed by atoms with Crippen molar-refractivity contribution >= 4 is 12.3 Å². The number of aliphatic hydroxyl groups is 6. The van der Waals surface area contributed by atoms with Gasteiger partial charge >= 0.3 is 5.97 Å². The van der Waals surface area contributed by atoms with E-state index in [1.807, 2.05) is 0 Å². The lowest BCUT2D eigenvalue weighted by atomic mass is 9.43. The Labute approximate surface area is 292 Å². The summed E-state index contributed by atoms with van der Waals surface area (Å²) in [5.74, 6) is -0.159. The molecule has 0 aromatic heterocycles. The summed E-state index contributed by atoms with van der Waals surface area (Å²) in [6.07, 6.45) is -3.53. The highest BCUT2D eigenvalue weighted by Crippen LogP contribution is 2.69. The van der Waals surface area contributed by atoms with Crippen molar-refractivity contribution < 1.29 is 68.6 Å². The molecule has 14 heteroatoms. The molecule has 0 aromatic rings. The molecule has 4 aliphatic carbocycles. The fraction of sp³-hybridized carbons (Fsp3) is 0.889. The number of cyclic esters (lactones) is 1. The summed E-state index contributed by atoms with van der Waals surface area (Å²) in [6, 6.07) is 0. The first-order valence-corrected chi connectivity index (χ1v) is 18.4. The predicted molar refractivity (Wildman–Crippen MR) is 171 cm³/mol. The van der Waals surface area contributed by atoms with Crippen LogP contribution in [0.4, 0.5) is 0 Å². The van der Waals surface area contributed by atoms with E-state index in [1.54, 1.807) is 13.0 Å². The Kier molecular flexibility index (Phi) is 10.1. The van der Waals surface area contributed by atoms with Crippen molar-refractivity contribution in [2.45, 2.75) is 145 Å². The Bertz CT molecular complexity index is 1310. The number of methoxy groups -OCH3 is 1. The maximum atomic E-state index is 13.2. The molecule has 0 bridgehead atoms. The van der Waals surface area contributed by atoms with Crippen LogP contribution in [0.3, 0.4) is 0 Å². The van der Waals surface area contributed by atoms with Gasteiger partial charge in [-0.1, -0.05) is 6.92 Å². The maximum absolute atomic E-state index is 13.2. The fourth-order valence-electron chi connectivity index (χ4n) is 11.5. The highest BCUT2D eigenvalue weighted by molar-refractivity contribution is 5.85. The minimum atomic E-state index is -1.63. The lowest BCUT2D eigenvalue weighted by Gasteiger charge is -2.63. The minimum Gasteiger partial charge on any atom is -0.458 e. The zero-order valence-corrected chi connectivity index (χ0v) is 29.0. The molecule has 0 amide bonds. The van der Waals surface area contributed by atoms with Gasteiger partial charge in [0.1, 0.15) is 55.6 Å². The molecule has 3 heterocycles. The zero-order chi connectivity index (χ0) is 35.7. The summed E-state index contributed by atoms with van der Waals surface area (Å²) < 4.78 is 34.9. The van der Waals surface area contributed by atoms with Gasteiger partial charge < -0.3 is 63.9 Å². The van der Waals surface area contributed by atoms with Crippen LogP contribution in [0.5, 0.6) is 0 Å². The van der Waals surface area contributed by atoms with Gasteiger partial charge in [0.05, 0.1) is 24.4 Å². The van der Waals surface area contributed by atoms with Crippen molar-refractivity contribution in [3.8, 4) is 0 Å². The van der Waals surface area contributed by atoms with E-state index >= 15 is 0 Å². The number of fused-ring (bicyclic) bond motifs is 5. The summed E-state index contributed by atoms with van der Waals surface area (Å²) in [5, 5.41) is 64.3. The van der Waals surface area contributed by atoms with Gasteiger partial charge in [0.15, 0.2) is 12.6 Å². The number of rotatable bonds is 8. The molecule has 6 N–H and O–H groups in total. The van der Waals surface area contributed by atoms with Crippen LogP contribution in [0.1, 0.15) is 71.6 Å². The van der Waals surface area contributed by atoms with Gasteiger partial charge in [-0.3, -0.25) is 0 Å². The standard InChI is InChI=1S/C36H54O14/c1-17-30(50-32-28(42)27(41)26(40)24(14-37)49-32)31(45-3)29(43)33(47-17)48-20-6-10-35(16-38)19(13-20)4-5-23-22(35)7-9-34(2)21(8-11-36(23,34)44)18-12-25(39)46-15-18/h12,16-17,19-24,26-33,37,40-44H,4-11,13-15H2,1-3H3/t17-,19-,20+,21-,22+,23-,24-,26-,27+,28-,29-,30+,31-,32+,33+,34-,35-,36+/m1/s1. The molecule has 50 heavy (non-hydrogen) atoms. The topological polar surface area (TPSA) is 211 Å². The number of carbonyl (C=O) groups is 2. The molecule has 7 aliphatic rings. The smallest absolute Gasteiger partial charge is 0.331 e. The van der Waals surface area contributed by atoms with Gasteiger partial charge in [-0.05, 0) is 94.0 Å². The van der Waals surface area contributed by atoms with Crippen LogP contribution in [0.2, 0.25) is 0 Å². The third kappa shape index (κ3) is 5.64. The summed E-state index contributed by atoms with van der Waals surface area (Å²) in [7, 11) is 1.40. The molecule has 6 fully saturated rings. The van der Waals surface area contributed by atoms with E-state index in [0.717, 1.165) is 44.0 Å². The van der Waals surface area contributed by atoms with Gasteiger partial charge in [-0.25, -0.2) is 4.79 Å². The number of hydrogen-bond donors (Lipinski definition) is 6. The van der Waals surface area contributed by atoms with Gasteiger partial charge in [0, 0.05) is 24.0 Å². The quantitative estimate of drug-likeness (QED) is 0.112. The van der Waals surface area contributed by atoms with Crippen LogP contribution < -0.4 is 0 Å². The number of ether oxygens (including phenoxy) is 6. The molecule has 18 atom stereocenters. The monoisotopic (exact) mass is 710 g/mol. The number of aldehydes is 1. The first kappa shape index (κ1) is 36.8. The largest absolute Gasteiger partial charge is 0.458 e. The molecular formula is C36H54O14. The number of aliphatic hydroxyl groups excluding tert-OH is 5. The highest BCUT2D eigenvalue weighted by Gasteiger charge is 2.69. The second-order valence-corrected chi connectivity index (χ2v) is 16.2. The van der Waals surface area contributed by atoms with E-state index in [-0.39, 0.29) is 35.7 Å². The molecule has 0 aromatic carbocycles. The molecule has 2 saturated heterocycles. The summed E-state index contributed by atoms with van der Waals surface area (Å²) in [5.41, 5.74) is -0.922. The van der Waals surface area contributed by atoms with Gasteiger partial charge in [0.2, 0.25) is 0 Å². The van der Waals surface area contributed by atoms with E-state index in [0.29, 0.717) is 32.3 Å². The third-order valence-corrected chi connectivity index (χ3v) is 14.2. The first-order chi connectivity index (χ1) is 23.8. The Morgan fingerprint density at radius 3 is 2.34 bits per heavy atom. The van der Waals surface area contributed by atoms with E-state index in [1.165, 1.54) is 7.11 Å². The van der Waals surface area contributed by atoms with Crippen LogP contribution in [-0.2, 0) is 38.0 Å². The Balaban J connectivity index is 1.01. The van der Waals surface area contributed by atoms with Crippen molar-refractivity contribution in [1.29, 1.82) is 0 Å². The lowest BCUT2D eigenvalue weighted by Crippen LogP contribution is -2.65. The number of esters is 1. The van der Waals surface area contributed by atoms with E-state index in [4.69, 9.17) is 28.4 Å². The molecule has 4 saturated carbocycles. The van der Waals surface area contributed by atoms with Gasteiger partial charge in [-0.2, -0.15) is 0 Å². The van der Waals surface area contributed by atoms with Gasteiger partial charge in [-0.15, -0.1) is 0 Å². The van der Waals surface area contributed by atoms with Crippen LogP contribution >= 0.6 is 0 Å². The number of hydrogen-bond acceptors (Lipinski definition) is 14. The van der Waals surface area contributed by atoms with Crippen LogP contribution in [0, 0.1) is 34.5 Å². The summed E-state index contributed by atoms with van der Waals surface area (Å²) in [6.45, 7) is 3.55. The highest BCUT2D eigenvalue weighted by atomic mass is 16.7. The van der Waals surface area contributed by atoms with Gasteiger partial charge in [0.25, 0.3) is 0 Å². The minimum absolute atomic E-state index is 0.0174. The SMILES string of the molecule is CO[C@@H]1[C@@H](O)[C@H](O[C@H]2CC[C@@]3(C=O)[C@H](CC[C@@H]4[C@@H]3CC[C@]3(C)[C@@H](C5=CC(=O)OC5)CC[C@]43O)C2)O[C@H](C)[C@@H]1O[C@@H]1O[C@H](CO)[C@@H](O)[C@H](O)[C@H]1O. The number of carbonyl (C=O) groups excluding carboxylic acids is 2. The second kappa shape index (κ2) is 13.7. The molecule has 7 rings (SSSR count). The van der Waals surface area contributed by atoms with Crippen molar-refractivity contribution in [3.63, 3.8) is 0 Å². The predicted octanol–water partition coefficient (Wildman–Crippen LogP) is 0.113. The van der Waals surface area contributed by atoms with E-state index in [2.05, 4.69) is 6.92 Å². The normalized spacial score (nSPS) is 53.5. The first-order valence-electron chi connectivity index (χ1n) is 18.4. The summed E-state index contributed by atoms with van der Waals surface area (Å²) >= 11 is 0. The molecule has 0 spiro atoms. The molecule has 282 valence electrons. The van der Waals surface area contributed by atoms with Crippen LogP contribution in [0.15, 0.2) is 11.6 Å². The average Bonchev–Trinajstić information content (AvgIpc) is 3.65. The van der Waals surface area contributed by atoms with Crippen molar-refractivity contribution in [2.75, 3.05) is 20.3 Å². The molecule has 0 unspecified atom stereocenters. The Morgan fingerprint density at radius 1 is 0.900 bits per heavy atom. The molecule has 3 aliphatic heterocycles. The van der Waals surface area contributed by atoms with Crippen molar-refractivity contribution in [3.05, 3.63) is 11.6 Å². The van der Waals surface area contributed by atoms with Crippen molar-refractivity contribution in [2.24, 2.45) is 34.5 Å². The maximum Gasteiger partial charge on any atom is 0.331 e. The molecule has 0 radical (unpaired) electrons. The fourth-order valence-corrected chi connectivity index (χ4v) is 11.5. The van der Waals surface area contributed by atoms with Crippen LogP contribution in [-0.4, -0.2) is 136 Å². The molecular weight excluding hydrogens is 656 g/mol. The van der Waals surface area contributed by atoms with E-state index < -0.39 is 84.4 Å². The molecule has 14 nitrogen and oxygen atoms in total. The van der Waals surface area contributed by atoms with Crippen molar-refractivity contribution in [1.82, 2.24) is 0 Å². The second-order valence-electron chi connectivity index (χ2n) is 16.2. The average molecular weight is 711 g/mol.